The van der Waals surface area contributed by atoms with Gasteiger partial charge in [0.25, 0.3) is 0 Å². The molecule has 4 nitrogen and oxygen atoms in total. The molecule has 1 aromatic rings. The quantitative estimate of drug-likeness (QED) is 0.872. The van der Waals surface area contributed by atoms with Crippen LogP contribution in [0.2, 0.25) is 0 Å². The van der Waals surface area contributed by atoms with Gasteiger partial charge in [-0.1, -0.05) is 25.3 Å². The minimum Gasteiger partial charge on any atom is -0.347 e. The fourth-order valence-electron chi connectivity index (χ4n) is 2.59. The highest BCUT2D eigenvalue weighted by atomic mass is 79.9. The predicted octanol–water partition coefficient (Wildman–Crippen LogP) is 3.39. The van der Waals surface area contributed by atoms with E-state index >= 15 is 0 Å². The molecule has 1 aliphatic carbocycles. The van der Waals surface area contributed by atoms with Gasteiger partial charge in [0.1, 0.15) is 0 Å². The first-order chi connectivity index (χ1) is 10.1. The van der Waals surface area contributed by atoms with Crippen molar-refractivity contribution in [1.29, 1.82) is 0 Å². The van der Waals surface area contributed by atoms with Crippen LogP contribution in [0.5, 0.6) is 0 Å². The van der Waals surface area contributed by atoms with Gasteiger partial charge >= 0.3 is 0 Å². The Morgan fingerprint density at radius 3 is 2.62 bits per heavy atom. The third-order valence-corrected chi connectivity index (χ3v) is 4.45. The maximum absolute atomic E-state index is 12.0. The smallest absolute Gasteiger partial charge is 0.243 e. The van der Waals surface area contributed by atoms with E-state index in [2.05, 4.69) is 26.6 Å². The number of carbonyl (C=O) groups is 2. The van der Waals surface area contributed by atoms with E-state index in [1.807, 2.05) is 25.1 Å². The number of nitrogens with one attached hydrogen (secondary N) is 2. The van der Waals surface area contributed by atoms with Crippen molar-refractivity contribution in [3.05, 3.63) is 28.2 Å². The van der Waals surface area contributed by atoms with Crippen molar-refractivity contribution in [3.63, 3.8) is 0 Å². The number of anilines is 1. The zero-order chi connectivity index (χ0) is 15.2. The molecule has 2 rings (SSSR count). The van der Waals surface area contributed by atoms with Crippen LogP contribution in [0.4, 0.5) is 5.69 Å². The minimum absolute atomic E-state index is 0.00724. The van der Waals surface area contributed by atoms with E-state index in [1.165, 1.54) is 6.42 Å². The van der Waals surface area contributed by atoms with Crippen LogP contribution in [0.25, 0.3) is 0 Å². The van der Waals surface area contributed by atoms with Crippen LogP contribution in [-0.4, -0.2) is 18.4 Å². The first kappa shape index (κ1) is 16.0. The molecule has 0 saturated heterocycles. The van der Waals surface area contributed by atoms with E-state index in [9.17, 15) is 9.59 Å². The standard InChI is InChI=1S/C16H21BrN2O2/c1-11-7-8-14(13(17)9-11)19-15(20)10-18-16(21)12-5-3-2-4-6-12/h7-9,12H,2-6,10H2,1H3,(H,18,21)(H,19,20). The number of aryl methyl sites for hydroxylation is 1. The molecule has 1 aliphatic rings. The van der Waals surface area contributed by atoms with Crippen molar-refractivity contribution >= 4 is 33.4 Å². The number of rotatable bonds is 4. The number of hydrogen-bond acceptors (Lipinski definition) is 2. The van der Waals surface area contributed by atoms with Gasteiger partial charge < -0.3 is 10.6 Å². The van der Waals surface area contributed by atoms with Gasteiger partial charge in [-0.25, -0.2) is 0 Å². The maximum atomic E-state index is 12.0. The summed E-state index contributed by atoms with van der Waals surface area (Å²) in [7, 11) is 0. The van der Waals surface area contributed by atoms with Gasteiger partial charge in [-0.2, -0.15) is 0 Å². The van der Waals surface area contributed by atoms with Gasteiger partial charge in [0, 0.05) is 10.4 Å². The first-order valence-corrected chi connectivity index (χ1v) is 8.19. The fourth-order valence-corrected chi connectivity index (χ4v) is 3.18. The van der Waals surface area contributed by atoms with Crippen molar-refractivity contribution in [2.75, 3.05) is 11.9 Å². The molecule has 114 valence electrons. The van der Waals surface area contributed by atoms with Crippen LogP contribution in [0.3, 0.4) is 0 Å². The molecule has 0 aromatic heterocycles. The number of halogens is 1. The van der Waals surface area contributed by atoms with Crippen molar-refractivity contribution in [1.82, 2.24) is 5.32 Å². The van der Waals surface area contributed by atoms with Crippen LogP contribution in [-0.2, 0) is 9.59 Å². The van der Waals surface area contributed by atoms with E-state index in [4.69, 9.17) is 0 Å². The molecule has 0 atom stereocenters. The lowest BCUT2D eigenvalue weighted by Gasteiger charge is -2.20. The molecule has 21 heavy (non-hydrogen) atoms. The summed E-state index contributed by atoms with van der Waals surface area (Å²) < 4.78 is 0.842. The number of benzene rings is 1. The Morgan fingerprint density at radius 2 is 1.95 bits per heavy atom. The van der Waals surface area contributed by atoms with Crippen molar-refractivity contribution in [2.45, 2.75) is 39.0 Å². The Hall–Kier alpha value is -1.36. The van der Waals surface area contributed by atoms with Gasteiger partial charge in [-0.15, -0.1) is 0 Å². The molecule has 1 saturated carbocycles. The van der Waals surface area contributed by atoms with Gasteiger partial charge in [-0.05, 0) is 53.4 Å². The van der Waals surface area contributed by atoms with E-state index in [1.54, 1.807) is 0 Å². The fraction of sp³-hybridized carbons (Fsp3) is 0.500. The summed E-state index contributed by atoms with van der Waals surface area (Å²) in [6.07, 6.45) is 5.32. The summed E-state index contributed by atoms with van der Waals surface area (Å²) in [6, 6.07) is 5.72. The van der Waals surface area contributed by atoms with Crippen LogP contribution >= 0.6 is 15.9 Å². The molecular weight excluding hydrogens is 332 g/mol. The second-order valence-electron chi connectivity index (χ2n) is 5.58. The minimum atomic E-state index is -0.205. The average molecular weight is 353 g/mol. The Kier molecular flexibility index (Phi) is 5.79. The summed E-state index contributed by atoms with van der Waals surface area (Å²) in [4.78, 5) is 23.9. The summed E-state index contributed by atoms with van der Waals surface area (Å²) in [5, 5.41) is 5.53. The van der Waals surface area contributed by atoms with E-state index < -0.39 is 0 Å². The first-order valence-electron chi connectivity index (χ1n) is 7.40. The third-order valence-electron chi connectivity index (χ3n) is 3.80. The Labute approximate surface area is 133 Å². The number of amides is 2. The highest BCUT2D eigenvalue weighted by molar-refractivity contribution is 9.10. The average Bonchev–Trinajstić information content (AvgIpc) is 2.48. The lowest BCUT2D eigenvalue weighted by Crippen LogP contribution is -2.37. The van der Waals surface area contributed by atoms with E-state index in [-0.39, 0.29) is 24.3 Å². The zero-order valence-corrected chi connectivity index (χ0v) is 13.8. The van der Waals surface area contributed by atoms with Crippen LogP contribution in [0.1, 0.15) is 37.7 Å². The summed E-state index contributed by atoms with van der Waals surface area (Å²) in [5.41, 5.74) is 1.84. The van der Waals surface area contributed by atoms with Gasteiger partial charge in [0.2, 0.25) is 11.8 Å². The van der Waals surface area contributed by atoms with Crippen LogP contribution in [0, 0.1) is 12.8 Å². The van der Waals surface area contributed by atoms with Gasteiger partial charge in [0.15, 0.2) is 0 Å². The molecular formula is C16H21BrN2O2. The van der Waals surface area contributed by atoms with Crippen molar-refractivity contribution < 1.29 is 9.59 Å². The molecule has 0 heterocycles. The van der Waals surface area contributed by atoms with Crippen molar-refractivity contribution in [2.24, 2.45) is 5.92 Å². The number of hydrogen-bond donors (Lipinski definition) is 2. The SMILES string of the molecule is Cc1ccc(NC(=O)CNC(=O)C2CCCCC2)c(Br)c1. The normalized spacial score (nSPS) is 15.5. The van der Waals surface area contributed by atoms with Crippen LogP contribution in [0.15, 0.2) is 22.7 Å². The van der Waals surface area contributed by atoms with Gasteiger partial charge in [0.05, 0.1) is 12.2 Å². The molecule has 1 aromatic carbocycles. The molecule has 1 fully saturated rings. The Balaban J connectivity index is 1.80. The number of carbonyl (C=O) groups excluding carboxylic acids is 2. The summed E-state index contributed by atoms with van der Waals surface area (Å²) in [5.74, 6) is -0.116. The van der Waals surface area contributed by atoms with E-state index in [0.29, 0.717) is 0 Å². The molecule has 0 aliphatic heterocycles. The summed E-state index contributed by atoms with van der Waals surface area (Å²) in [6.45, 7) is 2.01. The van der Waals surface area contributed by atoms with E-state index in [0.717, 1.165) is 41.4 Å². The highest BCUT2D eigenvalue weighted by Crippen LogP contribution is 2.24. The summed E-state index contributed by atoms with van der Waals surface area (Å²) >= 11 is 3.42. The second-order valence-corrected chi connectivity index (χ2v) is 6.44. The predicted molar refractivity (Wildman–Crippen MR) is 87.1 cm³/mol. The Morgan fingerprint density at radius 1 is 1.24 bits per heavy atom. The zero-order valence-electron chi connectivity index (χ0n) is 12.2. The van der Waals surface area contributed by atoms with Crippen LogP contribution < -0.4 is 10.6 Å². The van der Waals surface area contributed by atoms with Crippen molar-refractivity contribution in [3.8, 4) is 0 Å². The molecule has 5 heteroatoms. The lowest BCUT2D eigenvalue weighted by atomic mass is 9.89. The maximum Gasteiger partial charge on any atom is 0.243 e. The lowest BCUT2D eigenvalue weighted by molar-refractivity contribution is -0.128. The largest absolute Gasteiger partial charge is 0.347 e. The van der Waals surface area contributed by atoms with Gasteiger partial charge in [-0.3, -0.25) is 9.59 Å². The molecule has 0 unspecified atom stereocenters. The molecule has 2 amide bonds. The second kappa shape index (κ2) is 7.59. The highest BCUT2D eigenvalue weighted by Gasteiger charge is 2.21. The topological polar surface area (TPSA) is 58.2 Å². The molecule has 0 bridgehead atoms. The molecule has 0 spiro atoms. The molecule has 0 radical (unpaired) electrons. The third kappa shape index (κ3) is 4.84. The Bertz CT molecular complexity index is 525. The molecule has 2 N–H and O–H groups in total. The monoisotopic (exact) mass is 352 g/mol.